The molecule has 2 heterocycles. The number of piperidine rings is 1. The van der Waals surface area contributed by atoms with Crippen LogP contribution in [-0.4, -0.2) is 24.0 Å². The predicted octanol–water partition coefficient (Wildman–Crippen LogP) is 1.90. The molecule has 0 bridgehead atoms. The average Bonchev–Trinajstić information content (AvgIpc) is 2.17. The van der Waals surface area contributed by atoms with Crippen LogP contribution >= 0.6 is 0 Å². The molecule has 0 aliphatic carbocycles. The fourth-order valence-corrected chi connectivity index (χ4v) is 1.77. The highest BCUT2D eigenvalue weighted by Gasteiger charge is 2.35. The summed E-state index contributed by atoms with van der Waals surface area (Å²) in [5.74, 6) is -2.18. The van der Waals surface area contributed by atoms with Gasteiger partial charge >= 0.3 is 0 Å². The molecule has 0 radical (unpaired) electrons. The standard InChI is InChI=1S/C10H13F2N3/c11-10(12)4-1-5-15(7-10)8-2-3-9(13)14-6-8/h2-3,6H,1,4-5,7H2,(H2,13,14). The number of rotatable bonds is 1. The topological polar surface area (TPSA) is 42.1 Å². The maximum atomic E-state index is 13.1. The average molecular weight is 213 g/mol. The van der Waals surface area contributed by atoms with Gasteiger partial charge in [-0.1, -0.05) is 0 Å². The minimum Gasteiger partial charge on any atom is -0.384 e. The van der Waals surface area contributed by atoms with Crippen molar-refractivity contribution in [2.75, 3.05) is 23.7 Å². The number of halogens is 2. The quantitative estimate of drug-likeness (QED) is 0.774. The molecule has 0 amide bonds. The van der Waals surface area contributed by atoms with Crippen molar-refractivity contribution in [2.45, 2.75) is 18.8 Å². The van der Waals surface area contributed by atoms with Gasteiger partial charge in [0.05, 0.1) is 18.4 Å². The van der Waals surface area contributed by atoms with E-state index in [0.29, 0.717) is 24.5 Å². The van der Waals surface area contributed by atoms with Gasteiger partial charge in [-0.3, -0.25) is 0 Å². The van der Waals surface area contributed by atoms with E-state index in [4.69, 9.17) is 5.73 Å². The normalized spacial score (nSPS) is 20.3. The summed E-state index contributed by atoms with van der Waals surface area (Å²) in [5.41, 5.74) is 6.14. The van der Waals surface area contributed by atoms with Crippen LogP contribution in [0.4, 0.5) is 20.3 Å². The third-order valence-corrected chi connectivity index (χ3v) is 2.53. The number of nitrogens with zero attached hydrogens (tertiary/aromatic N) is 2. The van der Waals surface area contributed by atoms with E-state index in [1.54, 1.807) is 17.0 Å². The highest BCUT2D eigenvalue weighted by atomic mass is 19.3. The number of hydrogen-bond acceptors (Lipinski definition) is 3. The van der Waals surface area contributed by atoms with Crippen molar-refractivity contribution in [1.29, 1.82) is 0 Å². The number of nitrogens with two attached hydrogens (primary N) is 1. The second-order valence-corrected chi connectivity index (χ2v) is 3.82. The molecule has 1 saturated heterocycles. The van der Waals surface area contributed by atoms with E-state index >= 15 is 0 Å². The minimum atomic E-state index is -2.58. The second kappa shape index (κ2) is 3.64. The van der Waals surface area contributed by atoms with E-state index in [0.717, 1.165) is 0 Å². The predicted molar refractivity (Wildman–Crippen MR) is 55.0 cm³/mol. The van der Waals surface area contributed by atoms with E-state index in [9.17, 15) is 8.78 Å². The Morgan fingerprint density at radius 2 is 2.20 bits per heavy atom. The summed E-state index contributed by atoms with van der Waals surface area (Å²) in [7, 11) is 0. The van der Waals surface area contributed by atoms with E-state index in [1.807, 2.05) is 0 Å². The first-order chi connectivity index (χ1) is 7.07. The summed E-state index contributed by atoms with van der Waals surface area (Å²) in [6.45, 7) is 0.430. The number of nitrogen functional groups attached to an aromatic ring is 1. The van der Waals surface area contributed by atoms with Crippen LogP contribution in [0.25, 0.3) is 0 Å². The van der Waals surface area contributed by atoms with Crippen LogP contribution < -0.4 is 10.6 Å². The van der Waals surface area contributed by atoms with Gasteiger partial charge in [0.2, 0.25) is 0 Å². The van der Waals surface area contributed by atoms with Gasteiger partial charge < -0.3 is 10.6 Å². The van der Waals surface area contributed by atoms with Crippen molar-refractivity contribution in [3.8, 4) is 0 Å². The summed E-state index contributed by atoms with van der Waals surface area (Å²) in [6.07, 6.45) is 2.03. The van der Waals surface area contributed by atoms with Crippen molar-refractivity contribution in [2.24, 2.45) is 0 Å². The first kappa shape index (κ1) is 10.1. The zero-order valence-corrected chi connectivity index (χ0v) is 8.29. The number of hydrogen-bond donors (Lipinski definition) is 1. The molecule has 3 nitrogen and oxygen atoms in total. The van der Waals surface area contributed by atoms with Gasteiger partial charge in [-0.2, -0.15) is 0 Å². The monoisotopic (exact) mass is 213 g/mol. The zero-order valence-electron chi connectivity index (χ0n) is 8.29. The molecule has 0 spiro atoms. The molecule has 0 saturated carbocycles. The van der Waals surface area contributed by atoms with Crippen LogP contribution in [0.5, 0.6) is 0 Å². The molecular weight excluding hydrogens is 200 g/mol. The van der Waals surface area contributed by atoms with E-state index in [-0.39, 0.29) is 13.0 Å². The summed E-state index contributed by atoms with van der Waals surface area (Å²) in [5, 5.41) is 0. The fraction of sp³-hybridized carbons (Fsp3) is 0.500. The number of alkyl halides is 2. The van der Waals surface area contributed by atoms with Crippen LogP contribution in [-0.2, 0) is 0 Å². The second-order valence-electron chi connectivity index (χ2n) is 3.82. The first-order valence-electron chi connectivity index (χ1n) is 4.91. The molecule has 82 valence electrons. The third-order valence-electron chi connectivity index (χ3n) is 2.53. The number of pyridine rings is 1. The van der Waals surface area contributed by atoms with Gasteiger partial charge in [0, 0.05) is 13.0 Å². The van der Waals surface area contributed by atoms with Crippen molar-refractivity contribution < 1.29 is 8.78 Å². The lowest BCUT2D eigenvalue weighted by Gasteiger charge is -2.33. The van der Waals surface area contributed by atoms with Crippen LogP contribution in [0.2, 0.25) is 0 Å². The van der Waals surface area contributed by atoms with Crippen LogP contribution in [0, 0.1) is 0 Å². The first-order valence-corrected chi connectivity index (χ1v) is 4.91. The third kappa shape index (κ3) is 2.34. The number of anilines is 2. The smallest absolute Gasteiger partial charge is 0.265 e. The Bertz CT molecular complexity index is 337. The molecule has 2 rings (SSSR count). The Morgan fingerprint density at radius 3 is 2.80 bits per heavy atom. The fourth-order valence-electron chi connectivity index (χ4n) is 1.77. The Morgan fingerprint density at radius 1 is 1.40 bits per heavy atom. The largest absolute Gasteiger partial charge is 0.384 e. The molecule has 1 aliphatic heterocycles. The Kier molecular flexibility index (Phi) is 2.46. The molecule has 0 unspecified atom stereocenters. The molecule has 1 fully saturated rings. The maximum Gasteiger partial charge on any atom is 0.265 e. The number of aromatic nitrogens is 1. The van der Waals surface area contributed by atoms with Crippen LogP contribution in [0.1, 0.15) is 12.8 Å². The van der Waals surface area contributed by atoms with Crippen LogP contribution in [0.15, 0.2) is 18.3 Å². The SMILES string of the molecule is Nc1ccc(N2CCCC(F)(F)C2)cn1. The lowest BCUT2D eigenvalue weighted by atomic mass is 10.1. The molecule has 0 atom stereocenters. The van der Waals surface area contributed by atoms with Crippen molar-refractivity contribution in [3.05, 3.63) is 18.3 Å². The molecule has 1 aliphatic rings. The van der Waals surface area contributed by atoms with Crippen molar-refractivity contribution in [3.63, 3.8) is 0 Å². The van der Waals surface area contributed by atoms with Gasteiger partial charge in [-0.05, 0) is 18.6 Å². The lowest BCUT2D eigenvalue weighted by molar-refractivity contribution is -0.0116. The van der Waals surface area contributed by atoms with Gasteiger partial charge in [-0.15, -0.1) is 0 Å². The Balaban J connectivity index is 2.13. The Labute approximate surface area is 86.9 Å². The van der Waals surface area contributed by atoms with Crippen LogP contribution in [0.3, 0.4) is 0 Å². The summed E-state index contributed by atoms with van der Waals surface area (Å²) < 4.78 is 26.3. The Hall–Kier alpha value is -1.39. The van der Waals surface area contributed by atoms with Gasteiger partial charge in [0.25, 0.3) is 5.92 Å². The highest BCUT2D eigenvalue weighted by molar-refractivity contribution is 5.48. The zero-order chi connectivity index (χ0) is 10.9. The summed E-state index contributed by atoms with van der Waals surface area (Å²) in [4.78, 5) is 5.54. The molecule has 0 aromatic carbocycles. The molecule has 15 heavy (non-hydrogen) atoms. The van der Waals surface area contributed by atoms with Crippen molar-refractivity contribution >= 4 is 11.5 Å². The van der Waals surface area contributed by atoms with E-state index in [1.165, 1.54) is 6.20 Å². The van der Waals surface area contributed by atoms with Gasteiger partial charge in [0.15, 0.2) is 0 Å². The summed E-state index contributed by atoms with van der Waals surface area (Å²) >= 11 is 0. The summed E-state index contributed by atoms with van der Waals surface area (Å²) in [6, 6.07) is 3.35. The highest BCUT2D eigenvalue weighted by Crippen LogP contribution is 2.29. The molecular formula is C10H13F2N3. The van der Waals surface area contributed by atoms with E-state index < -0.39 is 5.92 Å². The molecule has 1 aromatic heterocycles. The maximum absolute atomic E-state index is 13.1. The van der Waals surface area contributed by atoms with E-state index in [2.05, 4.69) is 4.98 Å². The van der Waals surface area contributed by atoms with Gasteiger partial charge in [-0.25, -0.2) is 13.8 Å². The molecule has 5 heteroatoms. The van der Waals surface area contributed by atoms with Crippen molar-refractivity contribution in [1.82, 2.24) is 4.98 Å². The molecule has 1 aromatic rings. The minimum absolute atomic E-state index is 0.0219. The van der Waals surface area contributed by atoms with Gasteiger partial charge in [0.1, 0.15) is 5.82 Å². The lowest BCUT2D eigenvalue weighted by Crippen LogP contribution is -2.42. The molecule has 2 N–H and O–H groups in total.